The van der Waals surface area contributed by atoms with Crippen molar-refractivity contribution in [3.05, 3.63) is 123 Å². The molecule has 2 aromatic carbocycles. The second kappa shape index (κ2) is 28.3. The van der Waals surface area contributed by atoms with E-state index in [9.17, 15) is 68.7 Å². The highest BCUT2D eigenvalue weighted by Gasteiger charge is 2.42. The number of aromatic nitrogens is 2. The van der Waals surface area contributed by atoms with Crippen molar-refractivity contribution in [2.45, 2.75) is 114 Å². The van der Waals surface area contributed by atoms with E-state index in [0.29, 0.717) is 63.3 Å². The average Bonchev–Trinajstić information content (AvgIpc) is 1.83. The number of nitrogens with one attached hydrogen (secondary N) is 6. The number of nitrogens with zero attached hydrogens (tertiary/aromatic N) is 3. The first-order chi connectivity index (χ1) is 40.0. The summed E-state index contributed by atoms with van der Waals surface area (Å²) in [5, 5.41) is 75.2. The van der Waals surface area contributed by atoms with Crippen molar-refractivity contribution < 1.29 is 82.9 Å². The summed E-state index contributed by atoms with van der Waals surface area (Å²) in [5.74, 6) is -7.01. The van der Waals surface area contributed by atoms with E-state index in [0.717, 1.165) is 28.7 Å². The summed E-state index contributed by atoms with van der Waals surface area (Å²) in [6, 6.07) is 10.7. The van der Waals surface area contributed by atoms with Crippen LogP contribution in [0.25, 0.3) is 22.3 Å². The number of hydrogen-bond acceptors (Lipinski definition) is 18. The number of aryl methyl sites for hydroxylation is 1. The number of halogens is 1. The summed E-state index contributed by atoms with van der Waals surface area (Å²) in [5.41, 5.74) is 2.94. The summed E-state index contributed by atoms with van der Waals surface area (Å²) in [6.45, 7) is 3.84. The van der Waals surface area contributed by atoms with E-state index in [-0.39, 0.29) is 50.6 Å². The van der Waals surface area contributed by atoms with E-state index in [1.165, 1.54) is 6.07 Å². The third kappa shape index (κ3) is 15.1. The highest BCUT2D eigenvalue weighted by atomic mass is 19.1. The maximum absolute atomic E-state index is 15.5. The molecule has 3 aliphatic heterocycles. The summed E-state index contributed by atoms with van der Waals surface area (Å²) in [4.78, 5) is 122. The van der Waals surface area contributed by atoms with Crippen molar-refractivity contribution in [1.29, 1.82) is 0 Å². The monoisotopic (exact) mass is 1170 g/mol. The summed E-state index contributed by atoms with van der Waals surface area (Å²) in [6.07, 6.45) is -4.95. The Bertz CT molecular complexity index is 3270. The second-order valence-corrected chi connectivity index (χ2v) is 20.5. The van der Waals surface area contributed by atoms with Crippen LogP contribution in [0.4, 0.5) is 4.39 Å². The summed E-state index contributed by atoms with van der Waals surface area (Å²) in [7, 11) is 0. The van der Waals surface area contributed by atoms with Gasteiger partial charge < -0.3 is 76.6 Å². The fraction of sp³-hybridized carbons (Fsp3) is 0.439. The summed E-state index contributed by atoms with van der Waals surface area (Å²) < 4.78 is 28.3. The SMILES string of the molecule is C=C1OCc2c(cc3n(c2=O)Cc2cc4c(CCCCOCNC(=O)CNC(=O)[C@H](Cc5ccccc5)NC(=O)CNC(=O)[C@H](CCC(=O)NC[C@H](O)[C@@H](O)[C@H](O)[C@H](O)CO)NC(=O)CN5C(=O)C=CC5=O)c(C)c(F)cc4nc2-3)[C@@]1(O)CC. The van der Waals surface area contributed by atoms with Crippen LogP contribution < -0.4 is 37.5 Å². The van der Waals surface area contributed by atoms with Gasteiger partial charge in [-0.15, -0.1) is 0 Å². The molecule has 27 heteroatoms. The molecule has 0 fully saturated rings. The van der Waals surface area contributed by atoms with E-state index >= 15 is 4.39 Å². The number of aliphatic hydroxyl groups excluding tert-OH is 5. The van der Waals surface area contributed by atoms with Crippen LogP contribution in [0.1, 0.15) is 72.4 Å². The predicted molar refractivity (Wildman–Crippen MR) is 294 cm³/mol. The number of imide groups is 1. The lowest BCUT2D eigenvalue weighted by Crippen LogP contribution is -2.54. The minimum atomic E-state index is -1.98. The van der Waals surface area contributed by atoms with Gasteiger partial charge in [-0.3, -0.25) is 48.1 Å². The number of carbonyl (C=O) groups excluding carboxylic acids is 8. The molecule has 2 aromatic heterocycles. The fourth-order valence-corrected chi connectivity index (χ4v) is 9.86. The maximum Gasteiger partial charge on any atom is 0.258 e. The van der Waals surface area contributed by atoms with E-state index in [2.05, 4.69) is 38.5 Å². The number of rotatable bonds is 29. The number of fused-ring (bicyclic) bond motifs is 5. The van der Waals surface area contributed by atoms with Crippen LogP contribution in [0.2, 0.25) is 0 Å². The van der Waals surface area contributed by atoms with Crippen molar-refractivity contribution in [3.63, 3.8) is 0 Å². The Kier molecular flexibility index (Phi) is 21.3. The third-order valence-electron chi connectivity index (χ3n) is 14.8. The lowest BCUT2D eigenvalue weighted by atomic mass is 9.84. The number of ether oxygens (including phenoxy) is 2. The van der Waals surface area contributed by atoms with Crippen molar-refractivity contribution in [3.8, 4) is 11.4 Å². The average molecular weight is 1170 g/mol. The van der Waals surface area contributed by atoms with Crippen LogP contribution in [0.5, 0.6) is 0 Å². The van der Waals surface area contributed by atoms with Gasteiger partial charge in [-0.2, -0.15) is 0 Å². The molecule has 0 bridgehead atoms. The normalized spacial score (nSPS) is 17.2. The largest absolute Gasteiger partial charge is 0.490 e. The minimum absolute atomic E-state index is 0.0226. The number of hydrogen-bond donors (Lipinski definition) is 12. The van der Waals surface area contributed by atoms with E-state index < -0.39 is 141 Å². The Morgan fingerprint density at radius 3 is 2.20 bits per heavy atom. The third-order valence-corrected chi connectivity index (χ3v) is 14.8. The Balaban J connectivity index is 0.880. The zero-order valence-corrected chi connectivity index (χ0v) is 46.2. The molecule has 7 atom stereocenters. The first-order valence-corrected chi connectivity index (χ1v) is 27.1. The van der Waals surface area contributed by atoms with Gasteiger partial charge in [0, 0.05) is 60.7 Å². The Morgan fingerprint density at radius 1 is 0.845 bits per heavy atom. The Morgan fingerprint density at radius 2 is 1.51 bits per heavy atom. The van der Waals surface area contributed by atoms with Crippen LogP contribution in [-0.2, 0) is 79.4 Å². The molecule has 0 spiro atoms. The predicted octanol–water partition coefficient (Wildman–Crippen LogP) is -2.37. The quantitative estimate of drug-likeness (QED) is 0.0135. The molecule has 12 N–H and O–H groups in total. The van der Waals surface area contributed by atoms with Gasteiger partial charge in [-0.25, -0.2) is 9.37 Å². The minimum Gasteiger partial charge on any atom is -0.490 e. The molecule has 0 radical (unpaired) electrons. The molecule has 0 saturated heterocycles. The van der Waals surface area contributed by atoms with Gasteiger partial charge in [0.05, 0.1) is 54.8 Å². The van der Waals surface area contributed by atoms with Gasteiger partial charge >= 0.3 is 0 Å². The molecule has 4 aromatic rings. The van der Waals surface area contributed by atoms with Gasteiger partial charge in [0.25, 0.3) is 17.4 Å². The van der Waals surface area contributed by atoms with Crippen LogP contribution in [-0.4, -0.2) is 175 Å². The van der Waals surface area contributed by atoms with Crippen LogP contribution in [0, 0.1) is 12.7 Å². The molecule has 3 aliphatic rings. The number of amides is 8. The van der Waals surface area contributed by atoms with Crippen LogP contribution >= 0.6 is 0 Å². The number of carbonyl (C=O) groups is 8. The standard InChI is InChI=1S/C57H68FN9O17/c1-4-57(82)31(3)84-28-36-37(57)20-42-51-33(25-66(42)56(36)81)19-35-34(30(2)38(58)21-40(35)65-51)12-8-9-17-83-29-62-46(72)23-60-55(80)41(18-32-10-6-5-7-11-32)64-47(73)24-61-54(79)39(63-48(74)26-67-49(75)15-16-50(67)76)13-14-45(71)59-22-43(69)52(77)53(78)44(70)27-68/h5-7,10-11,15-16,19-21,39,41,43-44,52-53,68-70,77-78,82H,3-4,8-9,12-14,17-18,22-29H2,1-2H3,(H,59,71)(H,60,80)(H,61,79)(H,62,72)(H,63,74)(H,64,73)/t39-,41-,43-,44+,52+,53+,57+/m0/s1. The molecule has 5 heterocycles. The summed E-state index contributed by atoms with van der Waals surface area (Å²) >= 11 is 0. The smallest absolute Gasteiger partial charge is 0.258 e. The number of benzene rings is 2. The lowest BCUT2D eigenvalue weighted by molar-refractivity contribution is -0.141. The molecule has 0 aliphatic carbocycles. The van der Waals surface area contributed by atoms with Gasteiger partial charge in [0.1, 0.15) is 67.5 Å². The Hall–Kier alpha value is -8.31. The van der Waals surface area contributed by atoms with Crippen LogP contribution in [0.3, 0.4) is 0 Å². The molecule has 26 nitrogen and oxygen atoms in total. The molecule has 84 heavy (non-hydrogen) atoms. The number of unbranched alkanes of at least 4 members (excludes halogenated alkanes) is 1. The molecule has 450 valence electrons. The second-order valence-electron chi connectivity index (χ2n) is 20.5. The van der Waals surface area contributed by atoms with Gasteiger partial charge in [0.15, 0.2) is 0 Å². The van der Waals surface area contributed by atoms with E-state index in [1.807, 2.05) is 6.07 Å². The first-order valence-electron chi connectivity index (χ1n) is 27.1. The molecule has 0 saturated carbocycles. The zero-order chi connectivity index (χ0) is 61.0. The molecule has 8 amide bonds. The Labute approximate surface area is 480 Å². The van der Waals surface area contributed by atoms with Crippen molar-refractivity contribution in [1.82, 2.24) is 46.4 Å². The van der Waals surface area contributed by atoms with E-state index in [1.54, 1.807) is 54.8 Å². The molecule has 0 unspecified atom stereocenters. The number of aliphatic hydroxyl groups is 6. The topological polar surface area (TPSA) is 387 Å². The van der Waals surface area contributed by atoms with Crippen molar-refractivity contribution in [2.24, 2.45) is 0 Å². The molecular weight excluding hydrogens is 1100 g/mol. The van der Waals surface area contributed by atoms with Gasteiger partial charge in [-0.05, 0) is 67.9 Å². The molecule has 7 rings (SSSR count). The first kappa shape index (κ1) is 63.3. The molecular formula is C57H68FN9O17. The van der Waals surface area contributed by atoms with Gasteiger partial charge in [-0.1, -0.05) is 43.8 Å². The highest BCUT2D eigenvalue weighted by Crippen LogP contribution is 2.42. The van der Waals surface area contributed by atoms with Crippen LogP contribution in [0.15, 0.2) is 77.8 Å². The van der Waals surface area contributed by atoms with E-state index in [4.69, 9.17) is 19.6 Å². The lowest BCUT2D eigenvalue weighted by Gasteiger charge is -2.35. The number of pyridine rings is 2. The maximum atomic E-state index is 15.5. The van der Waals surface area contributed by atoms with Crippen molar-refractivity contribution >= 4 is 58.2 Å². The van der Waals surface area contributed by atoms with Gasteiger partial charge in [0.2, 0.25) is 35.4 Å². The highest BCUT2D eigenvalue weighted by molar-refractivity contribution is 6.14. The van der Waals surface area contributed by atoms with Crippen molar-refractivity contribution in [2.75, 3.05) is 46.1 Å². The zero-order valence-electron chi connectivity index (χ0n) is 46.2. The fourth-order valence-electron chi connectivity index (χ4n) is 9.86.